The van der Waals surface area contributed by atoms with Gasteiger partial charge in [-0.3, -0.25) is 65.1 Å². The molecule has 0 spiro atoms. The number of amides is 2. The van der Waals surface area contributed by atoms with Gasteiger partial charge in [0.1, 0.15) is 38.6 Å². The van der Waals surface area contributed by atoms with Gasteiger partial charge in [0, 0.05) is 220 Å². The summed E-state index contributed by atoms with van der Waals surface area (Å²) in [6.07, 6.45) is 19.6. The summed E-state index contributed by atoms with van der Waals surface area (Å²) in [4.78, 5) is 84.1. The molecule has 12 rings (SSSR count). The summed E-state index contributed by atoms with van der Waals surface area (Å²) in [5.74, 6) is 9.02. The van der Waals surface area contributed by atoms with Gasteiger partial charge in [0.2, 0.25) is 15.1 Å². The van der Waals surface area contributed by atoms with Gasteiger partial charge in [-0.1, -0.05) is 49.4 Å². The number of carbonyl (C=O) groups is 7. The molecular weight excluding hydrogens is 2070 g/mol. The number of hydroxylamine groups is 2. The molecule has 0 saturated carbocycles. The molecule has 37 nitrogen and oxygen atoms in total. The van der Waals surface area contributed by atoms with Crippen molar-refractivity contribution in [3.05, 3.63) is 114 Å². The number of benzene rings is 3. The van der Waals surface area contributed by atoms with Crippen molar-refractivity contribution in [2.24, 2.45) is 58.7 Å². The Morgan fingerprint density at radius 1 is 0.583 bits per heavy atom. The SMILES string of the molecule is C.C1CCOC1.C1CCOC1.CC(=O)C1CCOCC1.CC(=O)O.CC(N)C1CCOCC1.CC(NC(=S)NC(=O)c1ccccc1)C1CCOCC1.CC(NC(N)=S)C1CCOCC1.CCOC.CON(C)C(=O)C1CCOCC1.COc1ccc(CC(C)=O)cc1S(=O)(=O)Cl.COc1ccc(CC(C)=O)cc1S(=O)(=O)Nc1cnccc1Cl.N.NN.O=C(O)C1CCOCC1.O=S(Cl)Cl.[Br-].[CH3-].[Mg+2]. The number of aromatic nitrogens is 1. The van der Waals surface area contributed by atoms with Crippen LogP contribution in [0.5, 0.6) is 11.5 Å². The monoisotopic (exact) mass is 2220 g/mol. The maximum absolute atomic E-state index is 12.6. The molecule has 8 aliphatic rings. The van der Waals surface area contributed by atoms with Gasteiger partial charge in [0.15, 0.2) is 10.2 Å². The topological polar surface area (TPSA) is 559 Å². The van der Waals surface area contributed by atoms with Gasteiger partial charge < -0.3 is 115 Å². The van der Waals surface area contributed by atoms with E-state index in [0.29, 0.717) is 108 Å². The number of halogens is 5. The number of hydrogen-bond donors (Lipinski definition) is 11. The fourth-order valence-corrected chi connectivity index (χ4v) is 15.8. The number of rotatable bonds is 21. The number of anilines is 1. The number of ether oxygens (including phenoxy) is 11. The Labute approximate surface area is 883 Å². The molecule has 0 radical (unpaired) electrons. The molecule has 17 N–H and O–H groups in total. The van der Waals surface area contributed by atoms with Gasteiger partial charge >= 0.3 is 29.0 Å². The standard InChI is InChI=1S/C15H15ClN2O4S.C15H20N2O2S.C10H11ClO4S.C8H16N2OS.C8H15NO3.C7H15NO.C7H12O2.C6H10O3.2C4H8O.C3H8O.C2H4O2.CH4.CH3.BrH.Cl2OS.Mg.H4N2.H3N/c1-10(19)7-11-3-4-14(22-2)15(8-11)23(20,21)18-13-9-17-6-5-12(13)16;1-11(12-7-9-19-10-8-12)16-15(20)17-14(18)13-5-3-2-4-6-13;1-7(12)5-8-3-4-9(15-2)10(6-8)16(11,13)14;1-6(10-8(9)12)7-2-4-11-5-3-7;1-9(11-2)8(10)7-3-5-12-6-4-7;2*1-6(8)7-2-4-9-5-3-7;7-6(8)5-1-3-9-4-2-5;2*1-2-4-5-3-1;1-3-4-2;1-2(3)4;;;;1-4(2)3;;1-2;/h3-6,8-9,18H,7H2,1-2H3;2-6,11-12H,7-10H2,1H3,(H2,16,17,18,20);3-4,6H,5H2,1-2H3;6-7H,2-5H2,1H3,(H3,9,10,12);7H,3-6H2,1-2H3;6-7H,2-5,8H2,1H3;7H,2-5H2,1H3;5H,1-4H2,(H,7,8);2*1-4H2;3H2,1-2H3;1H3,(H,3,4);1H4;1H3;1H;;;1-2H2;1H3/q;;;;;;;;;;;;;-1;;;+2;;/p-1. The van der Waals surface area contributed by atoms with E-state index >= 15 is 0 Å². The Morgan fingerprint density at radius 2 is 0.928 bits per heavy atom. The number of carbonyl (C=O) groups excluding carboxylic acids is 5. The molecule has 0 bridgehead atoms. The van der Waals surface area contributed by atoms with E-state index in [1.807, 2.05) is 25.1 Å². The Kier molecular flexibility index (Phi) is 95.0. The number of Topliss-reactive ketones (excluding diaryl/α,β-unsaturated/α-hetero) is 3. The van der Waals surface area contributed by atoms with Gasteiger partial charge in [-0.25, -0.2) is 26.1 Å². The van der Waals surface area contributed by atoms with Gasteiger partial charge in [-0.15, -0.1) is 0 Å². The number of hydrazine groups is 1. The van der Waals surface area contributed by atoms with Crippen LogP contribution >= 0.6 is 68.1 Å². The third kappa shape index (κ3) is 75.0. The van der Waals surface area contributed by atoms with Gasteiger partial charge in [0.25, 0.3) is 31.0 Å². The van der Waals surface area contributed by atoms with Crippen molar-refractivity contribution in [2.75, 3.05) is 153 Å². The molecular formula is C91H156BrCl4MgN11O26S5. The number of carboxylic acid groups (broad SMARTS) is 2. The normalized spacial score (nSPS) is 16.1. The minimum Gasteiger partial charge on any atom is -1.00 e. The molecule has 1 aromatic heterocycles. The van der Waals surface area contributed by atoms with Crippen LogP contribution in [0.2, 0.25) is 5.02 Å². The summed E-state index contributed by atoms with van der Waals surface area (Å²) in [6.45, 7) is 28.0. The van der Waals surface area contributed by atoms with Crippen LogP contribution in [0.1, 0.15) is 187 Å². The molecule has 0 aliphatic carbocycles. The van der Waals surface area contributed by atoms with Crippen LogP contribution in [0.15, 0.2) is 95.0 Å². The quantitative estimate of drug-likeness (QED) is 0.00922. The van der Waals surface area contributed by atoms with Crippen molar-refractivity contribution in [1.29, 1.82) is 0 Å². The molecule has 3 aromatic carbocycles. The molecule has 3 unspecified atom stereocenters. The van der Waals surface area contributed by atoms with E-state index < -0.39 is 40.2 Å². The first-order valence-corrected chi connectivity index (χ1v) is 51.7. The Hall–Kier alpha value is -5.42. The summed E-state index contributed by atoms with van der Waals surface area (Å²) in [7, 11) is 12.3. The molecule has 9 heterocycles. The Morgan fingerprint density at radius 3 is 1.22 bits per heavy atom. The zero-order chi connectivity index (χ0) is 101. The van der Waals surface area contributed by atoms with Crippen LogP contribution in [0.4, 0.5) is 5.69 Å². The molecule has 8 aliphatic heterocycles. The zero-order valence-electron chi connectivity index (χ0n) is 82.3. The fraction of sp³-hybridized carbons (Fsp3) is 0.637. The molecule has 48 heteroatoms. The first kappa shape index (κ1) is 147. The predicted molar refractivity (Wildman–Crippen MR) is 552 cm³/mol. The van der Waals surface area contributed by atoms with Crippen molar-refractivity contribution in [3.8, 4) is 11.5 Å². The summed E-state index contributed by atoms with van der Waals surface area (Å²) in [5.41, 5.74) is 13.0. The minimum absolute atomic E-state index is 0. The molecule has 798 valence electrons. The van der Waals surface area contributed by atoms with E-state index in [1.165, 1.54) is 109 Å². The summed E-state index contributed by atoms with van der Waals surface area (Å²) in [5, 5.41) is 27.2. The van der Waals surface area contributed by atoms with Crippen LogP contribution in [-0.2, 0) is 117 Å². The van der Waals surface area contributed by atoms with Crippen LogP contribution in [0.25, 0.3) is 0 Å². The maximum atomic E-state index is 12.6. The van der Waals surface area contributed by atoms with Crippen molar-refractivity contribution in [2.45, 2.75) is 206 Å². The zero-order valence-corrected chi connectivity index (χ0v) is 92.4. The first-order chi connectivity index (χ1) is 63.6. The third-order valence-electron chi connectivity index (χ3n) is 20.3. The first-order valence-electron chi connectivity index (χ1n) is 43.9. The number of nitrogens with two attached hydrogens (primary N) is 4. The number of hydrogen-bond acceptors (Lipinski definition) is 31. The van der Waals surface area contributed by atoms with E-state index in [2.05, 4.69) is 84.2 Å². The summed E-state index contributed by atoms with van der Waals surface area (Å²) in [6, 6.07) is 20.5. The number of pyridine rings is 1. The van der Waals surface area contributed by atoms with Crippen molar-refractivity contribution < 1.29 is 139 Å². The molecule has 4 aromatic rings. The van der Waals surface area contributed by atoms with Crippen molar-refractivity contribution in [3.63, 3.8) is 0 Å². The number of sulfonamides is 1. The number of methoxy groups -OCH3 is 3. The predicted octanol–water partition coefficient (Wildman–Crippen LogP) is 9.93. The minimum atomic E-state index is -3.95. The van der Waals surface area contributed by atoms with E-state index in [-0.39, 0.29) is 147 Å². The van der Waals surface area contributed by atoms with Crippen LogP contribution < -0.4 is 76.4 Å². The molecule has 8 fully saturated rings. The number of aliphatic carboxylic acids is 2. The van der Waals surface area contributed by atoms with Crippen molar-refractivity contribution in [1.82, 2.24) is 32.1 Å². The molecule has 3 atom stereocenters. The van der Waals surface area contributed by atoms with Gasteiger partial charge in [-0.05, 0) is 247 Å². The van der Waals surface area contributed by atoms with E-state index in [1.54, 1.807) is 45.3 Å². The third-order valence-corrected chi connectivity index (χ3v) is 23.7. The second kappa shape index (κ2) is 90.1. The molecule has 8 saturated heterocycles. The maximum Gasteiger partial charge on any atom is 2.00 e. The molecule has 139 heavy (non-hydrogen) atoms. The number of nitrogens with one attached hydrogen (secondary N) is 4. The second-order valence-electron chi connectivity index (χ2n) is 30.8. The summed E-state index contributed by atoms with van der Waals surface area (Å²) >= 11 is 15.9. The Balaban J connectivity index is -0.000000279. The van der Waals surface area contributed by atoms with Crippen LogP contribution in [-0.4, -0.2) is 282 Å². The van der Waals surface area contributed by atoms with Gasteiger partial charge in [-0.2, -0.15) is 0 Å². The number of thiocarbonyl (C=S) groups is 2. The fourth-order valence-electron chi connectivity index (χ4n) is 12.8. The summed E-state index contributed by atoms with van der Waals surface area (Å²) < 4.78 is 115. The average molecular weight is 2230 g/mol. The second-order valence-corrected chi connectivity index (χ2v) is 38.7. The number of carboxylic acids is 2. The van der Waals surface area contributed by atoms with Crippen LogP contribution in [0.3, 0.4) is 0 Å². The largest absolute Gasteiger partial charge is 2.00 e. The number of nitrogens with zero attached hydrogens (tertiary/aromatic N) is 2. The van der Waals surface area contributed by atoms with Crippen molar-refractivity contribution >= 4 is 176 Å². The Bertz CT molecular complexity index is 4110. The van der Waals surface area contributed by atoms with E-state index in [9.17, 15) is 45.6 Å². The van der Waals surface area contributed by atoms with E-state index in [4.69, 9.17) is 130 Å². The van der Waals surface area contributed by atoms with E-state index in [0.717, 1.165) is 157 Å². The molecule has 2 amide bonds. The average Bonchev–Trinajstić information content (AvgIpc) is 1.82. The van der Waals surface area contributed by atoms with Crippen LogP contribution in [0, 0.1) is 42.9 Å². The number of ketones is 3. The smallest absolute Gasteiger partial charge is 1.00 e. The van der Waals surface area contributed by atoms with Gasteiger partial charge in [0.05, 0.1) is 44.2 Å².